The fourth-order valence-corrected chi connectivity index (χ4v) is 6.63. The van der Waals surface area contributed by atoms with Crippen molar-refractivity contribution in [2.75, 3.05) is 39.4 Å². The molecule has 1 aromatic carbocycles. The topological polar surface area (TPSA) is 76.2 Å². The van der Waals surface area contributed by atoms with E-state index in [2.05, 4.69) is 0 Å². The van der Waals surface area contributed by atoms with Crippen molar-refractivity contribution in [3.63, 3.8) is 0 Å². The van der Waals surface area contributed by atoms with Gasteiger partial charge in [-0.1, -0.05) is 0 Å². The molecule has 2 aliphatic heterocycles. The minimum Gasteiger partial charge on any atom is -0.376 e. The van der Waals surface area contributed by atoms with Gasteiger partial charge >= 0.3 is 0 Å². The average Bonchev–Trinajstić information content (AvgIpc) is 2.80. The molecule has 2 saturated heterocycles. The number of ether oxygens (including phenoxy) is 2. The number of nitrogens with zero attached hydrogens (tertiary/aromatic N) is 2. The molecule has 2 unspecified atom stereocenters. The smallest absolute Gasteiger partial charge is 0.251 e. The van der Waals surface area contributed by atoms with Gasteiger partial charge in [-0.3, -0.25) is 4.79 Å². The van der Waals surface area contributed by atoms with Gasteiger partial charge in [0, 0.05) is 32.8 Å². The van der Waals surface area contributed by atoms with E-state index < -0.39 is 16.1 Å². The fraction of sp³-hybridized carbons (Fsp3) is 0.708. The Kier molecular flexibility index (Phi) is 8.02. The van der Waals surface area contributed by atoms with Gasteiger partial charge in [0.05, 0.1) is 17.6 Å². The molecule has 32 heavy (non-hydrogen) atoms. The SMILES string of the molecule is Cc1c(C)c(C)c(S(=O)(=O)N2CCN(C(=O)C(C)OCC3CCCCO3)CC2)c(C)c1C. The van der Waals surface area contributed by atoms with Gasteiger partial charge in [0.2, 0.25) is 10.0 Å². The minimum absolute atomic E-state index is 0.0638. The molecule has 2 fully saturated rings. The van der Waals surface area contributed by atoms with Gasteiger partial charge in [0.25, 0.3) is 5.91 Å². The van der Waals surface area contributed by atoms with E-state index in [1.807, 2.05) is 34.6 Å². The fourth-order valence-electron chi connectivity index (χ4n) is 4.65. The maximum absolute atomic E-state index is 13.5. The van der Waals surface area contributed by atoms with Crippen molar-refractivity contribution >= 4 is 15.9 Å². The third kappa shape index (κ3) is 5.03. The second kappa shape index (κ2) is 10.2. The summed E-state index contributed by atoms with van der Waals surface area (Å²) < 4.78 is 40.0. The lowest BCUT2D eigenvalue weighted by Gasteiger charge is -2.36. The highest BCUT2D eigenvalue weighted by molar-refractivity contribution is 7.89. The Hall–Kier alpha value is -1.48. The zero-order valence-corrected chi connectivity index (χ0v) is 21.2. The van der Waals surface area contributed by atoms with Crippen LogP contribution in [0.15, 0.2) is 4.90 Å². The zero-order valence-electron chi connectivity index (χ0n) is 20.4. The van der Waals surface area contributed by atoms with Crippen molar-refractivity contribution in [1.82, 2.24) is 9.21 Å². The first-order valence-corrected chi connectivity index (χ1v) is 13.1. The maximum Gasteiger partial charge on any atom is 0.251 e. The first-order valence-electron chi connectivity index (χ1n) is 11.6. The molecule has 0 bridgehead atoms. The molecule has 7 nitrogen and oxygen atoms in total. The summed E-state index contributed by atoms with van der Waals surface area (Å²) >= 11 is 0. The number of hydrogen-bond donors (Lipinski definition) is 0. The van der Waals surface area contributed by atoms with Crippen molar-refractivity contribution in [3.05, 3.63) is 27.8 Å². The van der Waals surface area contributed by atoms with E-state index in [1.54, 1.807) is 11.8 Å². The second-order valence-corrected chi connectivity index (χ2v) is 11.0. The van der Waals surface area contributed by atoms with Crippen LogP contribution in [-0.4, -0.2) is 75.1 Å². The standard InChI is InChI=1S/C24H38N2O5S/c1-16-17(2)19(4)23(20(5)18(16)3)32(28,29)26-12-10-25(11-13-26)24(27)21(6)31-15-22-9-7-8-14-30-22/h21-22H,7-15H2,1-6H3. The summed E-state index contributed by atoms with van der Waals surface area (Å²) in [6.07, 6.45) is 2.68. The normalized spacial score (nSPS) is 21.6. The van der Waals surface area contributed by atoms with Gasteiger partial charge in [-0.05, 0) is 88.6 Å². The maximum atomic E-state index is 13.5. The van der Waals surface area contributed by atoms with Crippen LogP contribution in [0.25, 0.3) is 0 Å². The Bertz CT molecular complexity index is 917. The Morgan fingerprint density at radius 3 is 2.06 bits per heavy atom. The molecule has 0 aliphatic carbocycles. The van der Waals surface area contributed by atoms with E-state index in [-0.39, 0.29) is 25.1 Å². The minimum atomic E-state index is -3.63. The Balaban J connectivity index is 1.63. The van der Waals surface area contributed by atoms with Crippen LogP contribution in [-0.2, 0) is 24.3 Å². The molecule has 8 heteroatoms. The van der Waals surface area contributed by atoms with Crippen LogP contribution in [0.1, 0.15) is 54.0 Å². The van der Waals surface area contributed by atoms with Gasteiger partial charge in [0.1, 0.15) is 6.10 Å². The summed E-state index contributed by atoms with van der Waals surface area (Å²) in [6.45, 7) is 14.0. The summed E-state index contributed by atoms with van der Waals surface area (Å²) in [6, 6.07) is 0. The molecule has 2 heterocycles. The van der Waals surface area contributed by atoms with Crippen LogP contribution in [0.5, 0.6) is 0 Å². The average molecular weight is 467 g/mol. The Morgan fingerprint density at radius 2 is 1.53 bits per heavy atom. The van der Waals surface area contributed by atoms with E-state index in [9.17, 15) is 13.2 Å². The van der Waals surface area contributed by atoms with E-state index in [1.165, 1.54) is 4.31 Å². The molecule has 180 valence electrons. The number of rotatable bonds is 6. The Labute approximate surface area is 193 Å². The van der Waals surface area contributed by atoms with E-state index in [4.69, 9.17) is 9.47 Å². The van der Waals surface area contributed by atoms with Crippen molar-refractivity contribution < 1.29 is 22.7 Å². The predicted molar refractivity (Wildman–Crippen MR) is 124 cm³/mol. The highest BCUT2D eigenvalue weighted by atomic mass is 32.2. The number of benzene rings is 1. The first-order chi connectivity index (χ1) is 15.1. The lowest BCUT2D eigenvalue weighted by atomic mass is 9.95. The Morgan fingerprint density at radius 1 is 0.969 bits per heavy atom. The highest BCUT2D eigenvalue weighted by Gasteiger charge is 2.34. The summed E-state index contributed by atoms with van der Waals surface area (Å²) in [5, 5.41) is 0. The quantitative estimate of drug-likeness (QED) is 0.644. The monoisotopic (exact) mass is 466 g/mol. The van der Waals surface area contributed by atoms with E-state index >= 15 is 0 Å². The summed E-state index contributed by atoms with van der Waals surface area (Å²) in [5.74, 6) is -0.0905. The largest absolute Gasteiger partial charge is 0.376 e. The molecular weight excluding hydrogens is 428 g/mol. The number of hydrogen-bond acceptors (Lipinski definition) is 5. The lowest BCUT2D eigenvalue weighted by molar-refractivity contribution is -0.147. The third-order valence-electron chi connectivity index (χ3n) is 7.23. The van der Waals surface area contributed by atoms with Crippen LogP contribution in [0.4, 0.5) is 0 Å². The second-order valence-electron chi connectivity index (χ2n) is 9.15. The molecule has 0 radical (unpaired) electrons. The number of amides is 1. The summed E-state index contributed by atoms with van der Waals surface area (Å²) in [4.78, 5) is 15.0. The van der Waals surface area contributed by atoms with Crippen LogP contribution >= 0.6 is 0 Å². The van der Waals surface area contributed by atoms with Crippen LogP contribution in [0.2, 0.25) is 0 Å². The van der Waals surface area contributed by atoms with Crippen LogP contribution in [0, 0.1) is 34.6 Å². The number of sulfonamides is 1. The first kappa shape index (κ1) is 25.1. The molecule has 0 spiro atoms. The van der Waals surface area contributed by atoms with Crippen LogP contribution < -0.4 is 0 Å². The number of piperazine rings is 1. The van der Waals surface area contributed by atoms with E-state index in [0.717, 1.165) is 53.7 Å². The molecule has 1 aromatic rings. The van der Waals surface area contributed by atoms with Crippen molar-refractivity contribution in [3.8, 4) is 0 Å². The van der Waals surface area contributed by atoms with Gasteiger partial charge in [-0.15, -0.1) is 0 Å². The van der Waals surface area contributed by atoms with Gasteiger partial charge in [-0.2, -0.15) is 4.31 Å². The van der Waals surface area contributed by atoms with Crippen molar-refractivity contribution in [2.24, 2.45) is 0 Å². The molecule has 1 amide bonds. The molecular formula is C24H38N2O5S. The van der Waals surface area contributed by atoms with E-state index in [0.29, 0.717) is 24.6 Å². The number of carbonyl (C=O) groups excluding carboxylic acids is 1. The highest BCUT2D eigenvalue weighted by Crippen LogP contribution is 2.32. The summed E-state index contributed by atoms with van der Waals surface area (Å²) in [5.41, 5.74) is 4.82. The van der Waals surface area contributed by atoms with Gasteiger partial charge in [-0.25, -0.2) is 8.42 Å². The number of carbonyl (C=O) groups is 1. The molecule has 2 atom stereocenters. The molecule has 0 saturated carbocycles. The van der Waals surface area contributed by atoms with Gasteiger partial charge in [0.15, 0.2) is 0 Å². The molecule has 0 aromatic heterocycles. The van der Waals surface area contributed by atoms with Gasteiger partial charge < -0.3 is 14.4 Å². The van der Waals surface area contributed by atoms with Crippen molar-refractivity contribution in [2.45, 2.75) is 77.9 Å². The predicted octanol–water partition coefficient (Wildman–Crippen LogP) is 3.04. The van der Waals surface area contributed by atoms with Crippen molar-refractivity contribution in [1.29, 1.82) is 0 Å². The molecule has 3 rings (SSSR count). The molecule has 0 N–H and O–H groups in total. The third-order valence-corrected chi connectivity index (χ3v) is 9.41. The lowest BCUT2D eigenvalue weighted by Crippen LogP contribution is -2.53. The zero-order chi connectivity index (χ0) is 23.6. The molecule has 2 aliphatic rings. The van der Waals surface area contributed by atoms with Crippen LogP contribution in [0.3, 0.4) is 0 Å². The summed E-state index contributed by atoms with van der Waals surface area (Å²) in [7, 11) is -3.63.